The lowest BCUT2D eigenvalue weighted by atomic mass is 9.50. The first-order valence-electron chi connectivity index (χ1n) is 11.4. The molecule has 0 spiro atoms. The summed E-state index contributed by atoms with van der Waals surface area (Å²) in [5, 5.41) is 35.4. The lowest BCUT2D eigenvalue weighted by Gasteiger charge is -2.52. The van der Waals surface area contributed by atoms with Gasteiger partial charge in [0.05, 0.1) is 17.6 Å². The van der Waals surface area contributed by atoms with Crippen molar-refractivity contribution in [3.63, 3.8) is 0 Å². The van der Waals surface area contributed by atoms with Crippen LogP contribution >= 0.6 is 0 Å². The summed E-state index contributed by atoms with van der Waals surface area (Å²) in [5.74, 6) is -11.8. The largest absolute Gasteiger partial charge is 0.507 e. The number of hydrogen-bond acceptors (Lipinski definition) is 8. The first kappa shape index (κ1) is 24.2. The number of amides is 1. The molecule has 2 unspecified atom stereocenters. The fourth-order valence-electron chi connectivity index (χ4n) is 5.75. The van der Waals surface area contributed by atoms with Gasteiger partial charge in [-0.1, -0.05) is 39.8 Å². The van der Waals surface area contributed by atoms with E-state index in [0.717, 1.165) is 0 Å². The number of rotatable bonds is 2. The number of phenolic OH excluding ortho intramolecular Hbond substituents is 1. The predicted octanol–water partition coefficient (Wildman–Crippen LogP) is 0.536. The van der Waals surface area contributed by atoms with E-state index in [1.807, 2.05) is 20.8 Å². The summed E-state index contributed by atoms with van der Waals surface area (Å²) in [5.41, 5.74) is -2.86. The van der Waals surface area contributed by atoms with Crippen molar-refractivity contribution in [2.75, 3.05) is 6.54 Å². The van der Waals surface area contributed by atoms with Gasteiger partial charge >= 0.3 is 0 Å². The number of nitrogens with one attached hydrogen (secondary N) is 1. The van der Waals surface area contributed by atoms with Crippen molar-refractivity contribution in [2.45, 2.75) is 51.7 Å². The highest BCUT2D eigenvalue weighted by atomic mass is 16.3. The van der Waals surface area contributed by atoms with Crippen LogP contribution in [0.1, 0.15) is 56.0 Å². The van der Waals surface area contributed by atoms with Crippen molar-refractivity contribution < 1.29 is 39.3 Å². The highest BCUT2D eigenvalue weighted by Crippen LogP contribution is 2.53. The van der Waals surface area contributed by atoms with Crippen LogP contribution in [0, 0.1) is 29.1 Å². The fraction of sp³-hybridized carbons (Fsp3) is 0.560. The molecule has 0 aromatic heterocycles. The third-order valence-corrected chi connectivity index (χ3v) is 7.49. The smallest absolute Gasteiger partial charge is 0.238 e. The second-order valence-electron chi connectivity index (χ2n) is 10.9. The highest BCUT2D eigenvalue weighted by Gasteiger charge is 2.70. The molecule has 0 bridgehead atoms. The summed E-state index contributed by atoms with van der Waals surface area (Å²) >= 11 is 0. The van der Waals surface area contributed by atoms with Gasteiger partial charge in [0.15, 0.2) is 34.7 Å². The molecule has 4 N–H and O–H groups in total. The van der Waals surface area contributed by atoms with Crippen LogP contribution in [-0.4, -0.2) is 62.6 Å². The van der Waals surface area contributed by atoms with Crippen molar-refractivity contribution in [3.8, 4) is 5.75 Å². The van der Waals surface area contributed by atoms with E-state index in [1.54, 1.807) is 19.1 Å². The standard InChI is InChI=1S/C25H29NO8/c1-10-11-6-5-7-13(27)16(11)20(30)18-15(10)19(29)12-8-14(28)17(21(31)25(12,34)22(18)32)23(33)26-9-24(2,3)4/h5-7,10,12,15,17-19,27,29,34H,8-9H2,1-4H3,(H,26,33)/t10-,12+,15+,17?,18?,19+,25+/m0/s1. The van der Waals surface area contributed by atoms with Crippen LogP contribution in [0.4, 0.5) is 0 Å². The summed E-state index contributed by atoms with van der Waals surface area (Å²) in [6, 6.07) is 4.45. The summed E-state index contributed by atoms with van der Waals surface area (Å²) in [4.78, 5) is 65.9. The second kappa shape index (κ2) is 7.81. The van der Waals surface area contributed by atoms with E-state index >= 15 is 0 Å². The van der Waals surface area contributed by atoms with Crippen LogP contribution in [0.2, 0.25) is 0 Å². The Morgan fingerprint density at radius 1 is 1.15 bits per heavy atom. The van der Waals surface area contributed by atoms with Crippen LogP contribution in [0.5, 0.6) is 5.75 Å². The second-order valence-corrected chi connectivity index (χ2v) is 10.9. The molecule has 34 heavy (non-hydrogen) atoms. The van der Waals surface area contributed by atoms with E-state index in [-0.39, 0.29) is 23.3 Å². The molecule has 9 heteroatoms. The molecule has 0 aliphatic heterocycles. The number of aromatic hydroxyl groups is 1. The maximum Gasteiger partial charge on any atom is 0.238 e. The maximum atomic E-state index is 13.6. The van der Waals surface area contributed by atoms with Crippen LogP contribution in [-0.2, 0) is 19.2 Å². The molecule has 0 heterocycles. The Kier molecular flexibility index (Phi) is 5.57. The molecule has 2 saturated carbocycles. The number of phenols is 1. The average Bonchev–Trinajstić information content (AvgIpc) is 2.74. The number of hydrogen-bond donors (Lipinski definition) is 4. The highest BCUT2D eigenvalue weighted by molar-refractivity contribution is 6.31. The average molecular weight is 472 g/mol. The van der Waals surface area contributed by atoms with E-state index in [9.17, 15) is 39.3 Å². The van der Waals surface area contributed by atoms with Gasteiger partial charge in [0.25, 0.3) is 0 Å². The monoisotopic (exact) mass is 471 g/mol. The Morgan fingerprint density at radius 2 is 1.79 bits per heavy atom. The topological polar surface area (TPSA) is 158 Å². The molecule has 1 aromatic carbocycles. The summed E-state index contributed by atoms with van der Waals surface area (Å²) in [6.45, 7) is 7.35. The van der Waals surface area contributed by atoms with Crippen LogP contribution in [0.15, 0.2) is 18.2 Å². The molecule has 2 fully saturated rings. The first-order valence-corrected chi connectivity index (χ1v) is 11.4. The van der Waals surface area contributed by atoms with Crippen molar-refractivity contribution in [1.82, 2.24) is 5.32 Å². The Balaban J connectivity index is 1.76. The van der Waals surface area contributed by atoms with Gasteiger partial charge in [-0.15, -0.1) is 0 Å². The molecule has 182 valence electrons. The Hall–Kier alpha value is -2.91. The number of ketones is 4. The van der Waals surface area contributed by atoms with Crippen LogP contribution in [0.3, 0.4) is 0 Å². The zero-order chi connectivity index (χ0) is 25.3. The number of fused-ring (bicyclic) bond motifs is 3. The zero-order valence-corrected chi connectivity index (χ0v) is 19.5. The number of aliphatic hydroxyl groups is 2. The Labute approximate surface area is 196 Å². The minimum atomic E-state index is -2.87. The number of carbonyl (C=O) groups excluding carboxylic acids is 5. The number of Topliss-reactive ketones (excluding diaryl/α,β-unsaturated/α-hetero) is 4. The van der Waals surface area contributed by atoms with Gasteiger partial charge in [0.2, 0.25) is 5.91 Å². The van der Waals surface area contributed by atoms with E-state index in [4.69, 9.17) is 0 Å². The molecule has 1 aromatic rings. The maximum absolute atomic E-state index is 13.6. The first-order chi connectivity index (χ1) is 15.7. The third kappa shape index (κ3) is 3.32. The molecular weight excluding hydrogens is 442 g/mol. The van der Waals surface area contributed by atoms with Gasteiger partial charge in [-0.25, -0.2) is 0 Å². The van der Waals surface area contributed by atoms with Gasteiger partial charge < -0.3 is 20.6 Å². The minimum absolute atomic E-state index is 0.0855. The normalized spacial score (nSPS) is 35.4. The summed E-state index contributed by atoms with van der Waals surface area (Å²) in [7, 11) is 0. The molecule has 9 nitrogen and oxygen atoms in total. The molecule has 3 aliphatic carbocycles. The fourth-order valence-corrected chi connectivity index (χ4v) is 5.75. The van der Waals surface area contributed by atoms with Crippen LogP contribution < -0.4 is 5.32 Å². The van der Waals surface area contributed by atoms with Gasteiger partial charge in [0.1, 0.15) is 5.75 Å². The number of carbonyl (C=O) groups is 5. The number of benzene rings is 1. The summed E-state index contributed by atoms with van der Waals surface area (Å²) in [6.07, 6.45) is -2.09. The molecule has 3 aliphatic rings. The molecule has 4 rings (SSSR count). The third-order valence-electron chi connectivity index (χ3n) is 7.49. The quantitative estimate of drug-likeness (QED) is 0.455. The van der Waals surface area contributed by atoms with Crippen molar-refractivity contribution in [1.29, 1.82) is 0 Å². The van der Waals surface area contributed by atoms with Crippen LogP contribution in [0.25, 0.3) is 0 Å². The van der Waals surface area contributed by atoms with E-state index < -0.39 is 76.8 Å². The molecule has 0 saturated heterocycles. The molecule has 1 amide bonds. The molecule has 0 radical (unpaired) electrons. The SMILES string of the molecule is C[C@H]1c2cccc(O)c2C(=O)C2C(=O)[C@]3(O)C(=O)C(C(=O)NCC(C)(C)C)C(=O)C[C@@H]3[C@@H](O)[C@@H]21. The van der Waals surface area contributed by atoms with Crippen molar-refractivity contribution in [2.24, 2.45) is 29.1 Å². The van der Waals surface area contributed by atoms with Crippen molar-refractivity contribution >= 4 is 29.0 Å². The minimum Gasteiger partial charge on any atom is -0.507 e. The van der Waals surface area contributed by atoms with Gasteiger partial charge in [-0.3, -0.25) is 24.0 Å². The summed E-state index contributed by atoms with van der Waals surface area (Å²) < 4.78 is 0. The zero-order valence-electron chi connectivity index (χ0n) is 19.5. The van der Waals surface area contributed by atoms with E-state index in [0.29, 0.717) is 5.56 Å². The van der Waals surface area contributed by atoms with Gasteiger partial charge in [0, 0.05) is 24.8 Å². The Bertz CT molecular complexity index is 1120. The van der Waals surface area contributed by atoms with Gasteiger partial charge in [-0.05, 0) is 23.0 Å². The predicted molar refractivity (Wildman–Crippen MR) is 118 cm³/mol. The Morgan fingerprint density at radius 3 is 2.41 bits per heavy atom. The van der Waals surface area contributed by atoms with E-state index in [1.165, 1.54) is 6.07 Å². The molecule has 7 atom stereocenters. The van der Waals surface area contributed by atoms with E-state index in [2.05, 4.69) is 5.32 Å². The van der Waals surface area contributed by atoms with Crippen molar-refractivity contribution in [3.05, 3.63) is 29.3 Å². The molecular formula is C25H29NO8. The van der Waals surface area contributed by atoms with Gasteiger partial charge in [-0.2, -0.15) is 0 Å². The lowest BCUT2D eigenvalue weighted by Crippen LogP contribution is -2.72. The number of aliphatic hydroxyl groups excluding tert-OH is 1. The lowest BCUT2D eigenvalue weighted by molar-refractivity contribution is -0.189.